The lowest BCUT2D eigenvalue weighted by Crippen LogP contribution is -2.24. The molecule has 3 rings (SSSR count). The van der Waals surface area contributed by atoms with Crippen LogP contribution in [0.5, 0.6) is 5.88 Å². The lowest BCUT2D eigenvalue weighted by atomic mass is 10.2. The Kier molecular flexibility index (Phi) is 6.03. The minimum Gasteiger partial charge on any atom is -0.477 e. The zero-order valence-electron chi connectivity index (χ0n) is 15.1. The summed E-state index contributed by atoms with van der Waals surface area (Å²) in [5.41, 5.74) is 2.44. The molecule has 0 atom stereocenters. The summed E-state index contributed by atoms with van der Waals surface area (Å²) in [5.74, 6) is 0.213. The molecule has 0 aliphatic rings. The maximum atomic E-state index is 12.6. The highest BCUT2D eigenvalue weighted by Crippen LogP contribution is 2.17. The average molecular weight is 386 g/mol. The fourth-order valence-electron chi connectivity index (χ4n) is 2.54. The molecule has 2 aromatic heterocycles. The summed E-state index contributed by atoms with van der Waals surface area (Å²) in [6.07, 6.45) is 2.55. The van der Waals surface area contributed by atoms with E-state index in [0.29, 0.717) is 23.2 Å². The molecule has 0 bridgehead atoms. The Hall–Kier alpha value is -2.93. The van der Waals surface area contributed by atoms with Crippen LogP contribution in [0.2, 0.25) is 5.02 Å². The largest absolute Gasteiger partial charge is 0.477 e. The van der Waals surface area contributed by atoms with Crippen LogP contribution in [0.1, 0.15) is 35.1 Å². The van der Waals surface area contributed by atoms with E-state index in [1.165, 1.54) is 0 Å². The first-order valence-electron chi connectivity index (χ1n) is 8.63. The van der Waals surface area contributed by atoms with Gasteiger partial charge in [0, 0.05) is 23.3 Å². The number of hydrogen-bond donors (Lipinski definition) is 1. The monoisotopic (exact) mass is 385 g/mol. The number of benzene rings is 1. The van der Waals surface area contributed by atoms with E-state index in [2.05, 4.69) is 20.6 Å². The number of pyridine rings is 1. The van der Waals surface area contributed by atoms with Crippen molar-refractivity contribution in [2.75, 3.05) is 6.61 Å². The minimum atomic E-state index is -0.314. The van der Waals surface area contributed by atoms with Crippen molar-refractivity contribution >= 4 is 17.5 Å². The number of halogens is 1. The van der Waals surface area contributed by atoms with Crippen molar-refractivity contribution in [2.24, 2.45) is 0 Å². The highest BCUT2D eigenvalue weighted by Gasteiger charge is 2.18. The molecule has 1 N–H and O–H groups in total. The molecule has 0 fully saturated rings. The number of carbonyl (C=O) groups is 1. The number of ether oxygens (including phenoxy) is 1. The Morgan fingerprint density at radius 2 is 2.15 bits per heavy atom. The van der Waals surface area contributed by atoms with Gasteiger partial charge in [0.25, 0.3) is 5.91 Å². The van der Waals surface area contributed by atoms with Crippen LogP contribution in [-0.2, 0) is 6.54 Å². The molecule has 0 spiro atoms. The summed E-state index contributed by atoms with van der Waals surface area (Å²) < 4.78 is 7.20. The van der Waals surface area contributed by atoms with E-state index in [1.54, 1.807) is 36.0 Å². The van der Waals surface area contributed by atoms with Crippen LogP contribution in [0.25, 0.3) is 5.69 Å². The molecule has 0 unspecified atom stereocenters. The predicted octanol–water partition coefficient (Wildman–Crippen LogP) is 3.34. The third-order valence-corrected chi connectivity index (χ3v) is 4.13. The number of hydrogen-bond acceptors (Lipinski definition) is 5. The summed E-state index contributed by atoms with van der Waals surface area (Å²) in [5, 5.41) is 11.5. The number of rotatable bonds is 7. The van der Waals surface area contributed by atoms with E-state index < -0.39 is 0 Å². The summed E-state index contributed by atoms with van der Waals surface area (Å²) >= 11 is 6.03. The molecule has 27 heavy (non-hydrogen) atoms. The van der Waals surface area contributed by atoms with E-state index >= 15 is 0 Å². The zero-order chi connectivity index (χ0) is 19.2. The third kappa shape index (κ3) is 4.43. The van der Waals surface area contributed by atoms with Gasteiger partial charge in [-0.1, -0.05) is 35.9 Å². The van der Waals surface area contributed by atoms with Crippen LogP contribution in [0.3, 0.4) is 0 Å². The van der Waals surface area contributed by atoms with Gasteiger partial charge < -0.3 is 10.1 Å². The van der Waals surface area contributed by atoms with Crippen LogP contribution in [0.15, 0.2) is 42.6 Å². The van der Waals surface area contributed by atoms with E-state index in [1.807, 2.05) is 25.1 Å². The Bertz CT molecular complexity index is 941. The molecule has 0 saturated heterocycles. The summed E-state index contributed by atoms with van der Waals surface area (Å²) in [6, 6.07) is 10.9. The highest BCUT2D eigenvalue weighted by atomic mass is 35.5. The predicted molar refractivity (Wildman–Crippen MR) is 102 cm³/mol. The molecular formula is C19H20ClN5O2. The Morgan fingerprint density at radius 1 is 1.30 bits per heavy atom. The molecule has 0 aliphatic carbocycles. The van der Waals surface area contributed by atoms with Crippen molar-refractivity contribution in [3.05, 3.63) is 64.6 Å². The van der Waals surface area contributed by atoms with Gasteiger partial charge in [0.2, 0.25) is 5.88 Å². The van der Waals surface area contributed by atoms with Crippen molar-refractivity contribution in [3.63, 3.8) is 0 Å². The van der Waals surface area contributed by atoms with Gasteiger partial charge in [0.15, 0.2) is 5.69 Å². The van der Waals surface area contributed by atoms with Gasteiger partial charge in [-0.25, -0.2) is 9.67 Å². The van der Waals surface area contributed by atoms with Crippen molar-refractivity contribution < 1.29 is 9.53 Å². The summed E-state index contributed by atoms with van der Waals surface area (Å²) in [6.45, 7) is 4.67. The molecule has 0 aliphatic heterocycles. The zero-order valence-corrected chi connectivity index (χ0v) is 15.9. The first kappa shape index (κ1) is 18.8. The molecule has 140 valence electrons. The lowest BCUT2D eigenvalue weighted by Gasteiger charge is -2.10. The van der Waals surface area contributed by atoms with Gasteiger partial charge in [0.05, 0.1) is 18.0 Å². The van der Waals surface area contributed by atoms with Gasteiger partial charge in [-0.05, 0) is 37.6 Å². The number of aromatic nitrogens is 4. The Labute approximate surface area is 162 Å². The standard InChI is InChI=1S/C19H20ClN5O2/c1-3-10-27-19-14(6-5-9-21-19)12-22-18(26)17-13(2)25(24-23-17)16-8-4-7-15(20)11-16/h4-9,11H,3,10,12H2,1-2H3,(H,22,26). The highest BCUT2D eigenvalue weighted by molar-refractivity contribution is 6.30. The van der Waals surface area contributed by atoms with Crippen molar-refractivity contribution in [3.8, 4) is 11.6 Å². The Balaban J connectivity index is 1.73. The number of carbonyl (C=O) groups excluding carboxylic acids is 1. The van der Waals surface area contributed by atoms with Crippen LogP contribution in [-0.4, -0.2) is 32.5 Å². The molecule has 0 radical (unpaired) electrons. The van der Waals surface area contributed by atoms with Crippen molar-refractivity contribution in [2.45, 2.75) is 26.8 Å². The molecule has 2 heterocycles. The maximum absolute atomic E-state index is 12.6. The van der Waals surface area contributed by atoms with E-state index in [4.69, 9.17) is 16.3 Å². The van der Waals surface area contributed by atoms with Gasteiger partial charge in [0.1, 0.15) is 0 Å². The number of nitrogens with zero attached hydrogens (tertiary/aromatic N) is 4. The molecular weight excluding hydrogens is 366 g/mol. The van der Waals surface area contributed by atoms with Gasteiger partial charge in [-0.2, -0.15) is 0 Å². The smallest absolute Gasteiger partial charge is 0.274 e. The number of amides is 1. The molecule has 1 aromatic carbocycles. The average Bonchev–Trinajstić information content (AvgIpc) is 3.06. The third-order valence-electron chi connectivity index (χ3n) is 3.89. The fraction of sp³-hybridized carbons (Fsp3) is 0.263. The van der Waals surface area contributed by atoms with E-state index in [9.17, 15) is 4.79 Å². The SMILES string of the molecule is CCCOc1ncccc1CNC(=O)c1nnn(-c2cccc(Cl)c2)c1C. The second-order valence-electron chi connectivity index (χ2n) is 5.91. The van der Waals surface area contributed by atoms with Gasteiger partial charge in [-0.15, -0.1) is 5.10 Å². The lowest BCUT2D eigenvalue weighted by molar-refractivity contribution is 0.0945. The van der Waals surface area contributed by atoms with Crippen molar-refractivity contribution in [1.82, 2.24) is 25.3 Å². The van der Waals surface area contributed by atoms with Crippen LogP contribution < -0.4 is 10.1 Å². The van der Waals surface area contributed by atoms with Crippen molar-refractivity contribution in [1.29, 1.82) is 0 Å². The summed E-state index contributed by atoms with van der Waals surface area (Å²) in [4.78, 5) is 16.8. The first-order valence-corrected chi connectivity index (χ1v) is 9.01. The molecule has 1 amide bonds. The second-order valence-corrected chi connectivity index (χ2v) is 6.35. The van der Waals surface area contributed by atoms with Crippen LogP contribution >= 0.6 is 11.6 Å². The van der Waals surface area contributed by atoms with E-state index in [0.717, 1.165) is 17.7 Å². The van der Waals surface area contributed by atoms with Gasteiger partial charge in [-0.3, -0.25) is 4.79 Å². The molecule has 0 saturated carbocycles. The minimum absolute atomic E-state index is 0.259. The van der Waals surface area contributed by atoms with Gasteiger partial charge >= 0.3 is 0 Å². The molecule has 8 heteroatoms. The first-order chi connectivity index (χ1) is 13.1. The number of nitrogens with one attached hydrogen (secondary N) is 1. The normalized spacial score (nSPS) is 10.6. The summed E-state index contributed by atoms with van der Waals surface area (Å²) in [7, 11) is 0. The topological polar surface area (TPSA) is 81.9 Å². The fourth-order valence-corrected chi connectivity index (χ4v) is 2.72. The Morgan fingerprint density at radius 3 is 2.93 bits per heavy atom. The second kappa shape index (κ2) is 8.64. The molecule has 7 nitrogen and oxygen atoms in total. The van der Waals surface area contributed by atoms with E-state index in [-0.39, 0.29) is 18.1 Å². The molecule has 3 aromatic rings. The maximum Gasteiger partial charge on any atom is 0.274 e. The van der Waals surface area contributed by atoms with Crippen LogP contribution in [0.4, 0.5) is 0 Å². The van der Waals surface area contributed by atoms with Crippen LogP contribution in [0, 0.1) is 6.92 Å². The quantitative estimate of drug-likeness (QED) is 0.674.